The second kappa shape index (κ2) is 16.7. The maximum atomic E-state index is 14.1. The lowest BCUT2D eigenvalue weighted by atomic mass is 9.78. The molecule has 1 atom stereocenters. The van der Waals surface area contributed by atoms with Crippen LogP contribution in [0.25, 0.3) is 0 Å². The van der Waals surface area contributed by atoms with Crippen LogP contribution in [-0.2, 0) is 36.7 Å². The average Bonchev–Trinajstić information content (AvgIpc) is 3.33. The lowest BCUT2D eigenvalue weighted by Crippen LogP contribution is -2.52. The van der Waals surface area contributed by atoms with Crippen LogP contribution in [0, 0.1) is 18.8 Å². The van der Waals surface area contributed by atoms with E-state index >= 15 is 0 Å². The first-order valence-electron chi connectivity index (χ1n) is 18.8. The molecule has 4 aliphatic rings. The summed E-state index contributed by atoms with van der Waals surface area (Å²) in [6.07, 6.45) is 3.81. The van der Waals surface area contributed by atoms with Crippen LogP contribution in [-0.4, -0.2) is 119 Å². The van der Waals surface area contributed by atoms with Gasteiger partial charge in [0, 0.05) is 64.0 Å². The molecule has 2 aromatic carbocycles. The van der Waals surface area contributed by atoms with Gasteiger partial charge in [0.2, 0.25) is 0 Å². The molecule has 0 saturated carbocycles. The van der Waals surface area contributed by atoms with Gasteiger partial charge in [0.05, 0.1) is 6.61 Å². The molecule has 0 spiro atoms. The molecule has 4 aliphatic heterocycles. The number of hydrogen-bond acceptors (Lipinski definition) is 8. The Morgan fingerprint density at radius 3 is 2.13 bits per heavy atom. The molecular weight excluding hydrogens is 666 g/mol. The van der Waals surface area contributed by atoms with E-state index in [1.54, 1.807) is 40.7 Å². The number of aromatic hydroxyl groups is 1. The topological polar surface area (TPSA) is 149 Å². The number of carbonyl (C=O) groups is 5. The smallest absolute Gasteiger partial charge is 0.410 e. The number of rotatable bonds is 7. The van der Waals surface area contributed by atoms with Crippen LogP contribution >= 0.6 is 0 Å². The number of phenolic OH excluding ortho intramolecular Hbond substituents is 1. The normalized spacial score (nSPS) is 19.7. The van der Waals surface area contributed by atoms with Crippen molar-refractivity contribution in [2.45, 2.75) is 77.4 Å². The highest BCUT2D eigenvalue weighted by Crippen LogP contribution is 2.33. The minimum Gasteiger partial charge on any atom is -0.508 e. The van der Waals surface area contributed by atoms with Gasteiger partial charge in [-0.2, -0.15) is 0 Å². The predicted molar refractivity (Wildman–Crippen MR) is 193 cm³/mol. The molecule has 13 heteroatoms. The van der Waals surface area contributed by atoms with Crippen LogP contribution in [0.4, 0.5) is 15.3 Å². The van der Waals surface area contributed by atoms with Crippen molar-refractivity contribution in [3.05, 3.63) is 59.2 Å². The van der Waals surface area contributed by atoms with Crippen molar-refractivity contribution in [3.8, 4) is 5.75 Å². The summed E-state index contributed by atoms with van der Waals surface area (Å²) >= 11 is 0. The maximum absolute atomic E-state index is 14.1. The molecule has 5 amide bonds. The molecule has 2 aromatic rings. The van der Waals surface area contributed by atoms with Crippen molar-refractivity contribution >= 4 is 35.6 Å². The van der Waals surface area contributed by atoms with Gasteiger partial charge in [-0.1, -0.05) is 30.3 Å². The summed E-state index contributed by atoms with van der Waals surface area (Å²) in [5, 5.41) is 13.1. The van der Waals surface area contributed by atoms with E-state index in [-0.39, 0.29) is 36.8 Å². The number of carbonyl (C=O) groups excluding carboxylic acids is 5. The number of phenols is 1. The Labute approximate surface area is 305 Å². The van der Waals surface area contributed by atoms with Gasteiger partial charge in [0.1, 0.15) is 5.75 Å². The number of likely N-dealkylation sites (tertiary alicyclic amines) is 3. The Kier molecular flexibility index (Phi) is 11.9. The third-order valence-corrected chi connectivity index (χ3v) is 11.3. The van der Waals surface area contributed by atoms with Gasteiger partial charge in [-0.05, 0) is 99.5 Å². The molecule has 4 heterocycles. The highest BCUT2D eigenvalue weighted by molar-refractivity contribution is 6.32. The van der Waals surface area contributed by atoms with E-state index < -0.39 is 24.1 Å². The SMILES string of the molecule is CCOC(=O)C(=O)N1CCC(C2CCN(C(=O)[C@@H](Cc3ccc(O)c(C)c3)OC(=O)N3CCC(N4CCc5ccccc5NC4=O)CC3)CC2)CC1. The number of para-hydroxylation sites is 1. The van der Waals surface area contributed by atoms with Crippen LogP contribution in [0.1, 0.15) is 62.1 Å². The molecule has 280 valence electrons. The molecule has 0 unspecified atom stereocenters. The number of esters is 1. The first-order chi connectivity index (χ1) is 25.1. The molecule has 6 rings (SSSR count). The molecule has 0 aromatic heterocycles. The summed E-state index contributed by atoms with van der Waals surface area (Å²) in [7, 11) is 0. The van der Waals surface area contributed by atoms with Crippen LogP contribution in [0.15, 0.2) is 42.5 Å². The van der Waals surface area contributed by atoms with E-state index in [9.17, 15) is 29.1 Å². The molecule has 0 radical (unpaired) electrons. The van der Waals surface area contributed by atoms with E-state index in [1.807, 2.05) is 35.2 Å². The number of aryl methyl sites for hydroxylation is 1. The zero-order valence-electron chi connectivity index (χ0n) is 30.3. The first-order valence-corrected chi connectivity index (χ1v) is 18.8. The fourth-order valence-corrected chi connectivity index (χ4v) is 8.22. The summed E-state index contributed by atoms with van der Waals surface area (Å²) in [5.41, 5.74) is 3.40. The van der Waals surface area contributed by atoms with Gasteiger partial charge < -0.3 is 39.5 Å². The number of nitrogens with one attached hydrogen (secondary N) is 1. The van der Waals surface area contributed by atoms with E-state index in [1.165, 1.54) is 0 Å². The molecular formula is C39H51N5O8. The van der Waals surface area contributed by atoms with E-state index in [0.29, 0.717) is 76.1 Å². The summed E-state index contributed by atoms with van der Waals surface area (Å²) in [6.45, 7) is 7.18. The standard InChI is InChI=1S/C39H51N5O8/c1-3-51-37(48)36(47)42-19-12-29(13-20-42)28-10-17-41(18-11-28)35(46)34(25-27-8-9-33(45)26(2)24-27)52-39(50)43-21-15-31(16-22-43)44-23-14-30-6-4-5-7-32(30)40-38(44)49/h4-9,24,28-29,31,34,45H,3,10-23,25H2,1-2H3,(H,40,49)/t34-/m1/s1. The third kappa shape index (κ3) is 8.62. The summed E-state index contributed by atoms with van der Waals surface area (Å²) in [4.78, 5) is 71.9. The molecule has 3 saturated heterocycles. The number of ether oxygens (including phenoxy) is 2. The number of amides is 5. The number of urea groups is 1. The molecule has 52 heavy (non-hydrogen) atoms. The largest absolute Gasteiger partial charge is 0.508 e. The summed E-state index contributed by atoms with van der Waals surface area (Å²) < 4.78 is 10.9. The number of fused-ring (bicyclic) bond motifs is 1. The lowest BCUT2D eigenvalue weighted by Gasteiger charge is -2.41. The summed E-state index contributed by atoms with van der Waals surface area (Å²) in [6, 6.07) is 12.8. The monoisotopic (exact) mass is 717 g/mol. The second-order valence-electron chi connectivity index (χ2n) is 14.5. The first kappa shape index (κ1) is 37.0. The Morgan fingerprint density at radius 2 is 1.48 bits per heavy atom. The Hall–Kier alpha value is -4.81. The van der Waals surface area contributed by atoms with Gasteiger partial charge in [0.25, 0.3) is 5.91 Å². The third-order valence-electron chi connectivity index (χ3n) is 11.3. The van der Waals surface area contributed by atoms with Crippen LogP contribution in [0.3, 0.4) is 0 Å². The second-order valence-corrected chi connectivity index (χ2v) is 14.5. The van der Waals surface area contributed by atoms with E-state index in [4.69, 9.17) is 9.47 Å². The number of nitrogens with zero attached hydrogens (tertiary/aromatic N) is 4. The Morgan fingerprint density at radius 1 is 0.846 bits per heavy atom. The van der Waals surface area contributed by atoms with Crippen molar-refractivity contribution in [2.75, 3.05) is 57.7 Å². The van der Waals surface area contributed by atoms with Crippen molar-refractivity contribution in [2.24, 2.45) is 11.8 Å². The molecule has 0 bridgehead atoms. The van der Waals surface area contributed by atoms with Gasteiger partial charge in [-0.25, -0.2) is 14.4 Å². The minimum atomic E-state index is -1.03. The van der Waals surface area contributed by atoms with Gasteiger partial charge in [-0.15, -0.1) is 0 Å². The van der Waals surface area contributed by atoms with Gasteiger partial charge in [0.15, 0.2) is 6.10 Å². The number of hydrogen-bond donors (Lipinski definition) is 2. The zero-order chi connectivity index (χ0) is 36.8. The van der Waals surface area contributed by atoms with Crippen LogP contribution in [0.2, 0.25) is 0 Å². The van der Waals surface area contributed by atoms with Crippen LogP contribution < -0.4 is 5.32 Å². The highest BCUT2D eigenvalue weighted by atomic mass is 16.6. The van der Waals surface area contributed by atoms with Crippen molar-refractivity contribution in [1.82, 2.24) is 19.6 Å². The predicted octanol–water partition coefficient (Wildman–Crippen LogP) is 4.34. The Bertz CT molecular complexity index is 1630. The van der Waals surface area contributed by atoms with Crippen molar-refractivity contribution in [1.29, 1.82) is 0 Å². The van der Waals surface area contributed by atoms with Crippen molar-refractivity contribution in [3.63, 3.8) is 0 Å². The number of piperidine rings is 3. The van der Waals surface area contributed by atoms with Crippen LogP contribution in [0.5, 0.6) is 5.75 Å². The quantitative estimate of drug-likeness (QED) is 0.318. The fraction of sp³-hybridized carbons (Fsp3) is 0.564. The molecule has 3 fully saturated rings. The highest BCUT2D eigenvalue weighted by Gasteiger charge is 2.38. The fourth-order valence-electron chi connectivity index (χ4n) is 8.22. The number of benzene rings is 2. The molecule has 13 nitrogen and oxygen atoms in total. The lowest BCUT2D eigenvalue weighted by molar-refractivity contribution is -0.160. The molecule has 2 N–H and O–H groups in total. The number of anilines is 1. The molecule has 0 aliphatic carbocycles. The Balaban J connectivity index is 1.03. The maximum Gasteiger partial charge on any atom is 0.410 e. The van der Waals surface area contributed by atoms with Gasteiger partial charge in [-0.3, -0.25) is 9.59 Å². The summed E-state index contributed by atoms with van der Waals surface area (Å²) in [5.74, 6) is -0.661. The zero-order valence-corrected chi connectivity index (χ0v) is 30.3. The van der Waals surface area contributed by atoms with Crippen molar-refractivity contribution < 1.29 is 38.6 Å². The van der Waals surface area contributed by atoms with Gasteiger partial charge >= 0.3 is 24.0 Å². The average molecular weight is 718 g/mol. The van der Waals surface area contributed by atoms with E-state index in [2.05, 4.69) is 5.32 Å². The van der Waals surface area contributed by atoms with E-state index in [0.717, 1.165) is 48.9 Å². The minimum absolute atomic E-state index is 0.0117.